The molecule has 4 nitrogen and oxygen atoms in total. The second-order valence-electron chi connectivity index (χ2n) is 5.77. The van der Waals surface area contributed by atoms with Gasteiger partial charge >= 0.3 is 5.97 Å². The SMILES string of the molecule is O=C(O)/C=C/c1ccc2ccccc2c1OCCN1CCCC1. The summed E-state index contributed by atoms with van der Waals surface area (Å²) in [5.41, 5.74) is 0.799. The zero-order chi connectivity index (χ0) is 16.1. The molecule has 0 unspecified atom stereocenters. The van der Waals surface area contributed by atoms with E-state index in [9.17, 15) is 4.79 Å². The number of rotatable bonds is 6. The number of carboxylic acids is 1. The lowest BCUT2D eigenvalue weighted by molar-refractivity contribution is -0.131. The van der Waals surface area contributed by atoms with Crippen LogP contribution < -0.4 is 4.74 Å². The molecule has 1 aliphatic heterocycles. The molecule has 4 heteroatoms. The number of ether oxygens (including phenoxy) is 1. The fraction of sp³-hybridized carbons (Fsp3) is 0.316. The molecule has 1 aliphatic rings. The predicted molar refractivity (Wildman–Crippen MR) is 91.8 cm³/mol. The van der Waals surface area contributed by atoms with Gasteiger partial charge in [0.1, 0.15) is 12.4 Å². The summed E-state index contributed by atoms with van der Waals surface area (Å²) in [6, 6.07) is 11.9. The quantitative estimate of drug-likeness (QED) is 0.831. The first kappa shape index (κ1) is 15.6. The van der Waals surface area contributed by atoms with Crippen molar-refractivity contribution in [3.05, 3.63) is 48.0 Å². The Bertz CT molecular complexity index is 718. The Kier molecular flexibility index (Phi) is 4.93. The normalized spacial score (nSPS) is 15.5. The van der Waals surface area contributed by atoms with E-state index in [-0.39, 0.29) is 0 Å². The maximum atomic E-state index is 10.8. The van der Waals surface area contributed by atoms with Gasteiger partial charge in [0.15, 0.2) is 0 Å². The smallest absolute Gasteiger partial charge is 0.328 e. The second-order valence-corrected chi connectivity index (χ2v) is 5.77. The predicted octanol–water partition coefficient (Wildman–Crippen LogP) is 3.41. The lowest BCUT2D eigenvalue weighted by atomic mass is 10.0. The Morgan fingerprint density at radius 3 is 2.74 bits per heavy atom. The highest BCUT2D eigenvalue weighted by atomic mass is 16.5. The summed E-state index contributed by atoms with van der Waals surface area (Å²) >= 11 is 0. The highest BCUT2D eigenvalue weighted by Gasteiger charge is 2.12. The van der Waals surface area contributed by atoms with Crippen LogP contribution in [0.15, 0.2) is 42.5 Å². The third-order valence-corrected chi connectivity index (χ3v) is 4.17. The maximum Gasteiger partial charge on any atom is 0.328 e. The minimum absolute atomic E-state index is 0.613. The first-order valence-corrected chi connectivity index (χ1v) is 8.02. The van der Waals surface area contributed by atoms with Crippen molar-refractivity contribution in [1.29, 1.82) is 0 Å². The average Bonchev–Trinajstić information content (AvgIpc) is 3.07. The Morgan fingerprint density at radius 1 is 1.17 bits per heavy atom. The molecule has 0 amide bonds. The maximum absolute atomic E-state index is 10.8. The molecule has 1 fully saturated rings. The molecule has 0 saturated carbocycles. The monoisotopic (exact) mass is 311 g/mol. The van der Waals surface area contributed by atoms with Gasteiger partial charge in [0.25, 0.3) is 0 Å². The zero-order valence-electron chi connectivity index (χ0n) is 13.1. The van der Waals surface area contributed by atoms with Crippen LogP contribution in [0.5, 0.6) is 5.75 Å². The molecule has 120 valence electrons. The summed E-state index contributed by atoms with van der Waals surface area (Å²) < 4.78 is 6.06. The van der Waals surface area contributed by atoms with Crippen LogP contribution in [0.25, 0.3) is 16.8 Å². The van der Waals surface area contributed by atoms with Gasteiger partial charge in [-0.1, -0.05) is 36.4 Å². The number of fused-ring (bicyclic) bond motifs is 1. The molecule has 1 saturated heterocycles. The molecule has 0 radical (unpaired) electrons. The number of aliphatic carboxylic acids is 1. The van der Waals surface area contributed by atoms with Gasteiger partial charge in [-0.3, -0.25) is 4.90 Å². The molecule has 2 aromatic carbocycles. The Balaban J connectivity index is 1.84. The minimum atomic E-state index is -0.957. The Morgan fingerprint density at radius 2 is 1.96 bits per heavy atom. The summed E-state index contributed by atoms with van der Waals surface area (Å²) in [7, 11) is 0. The van der Waals surface area contributed by atoms with E-state index in [0.717, 1.165) is 47.8 Å². The topological polar surface area (TPSA) is 49.8 Å². The van der Waals surface area contributed by atoms with Crippen molar-refractivity contribution in [2.75, 3.05) is 26.2 Å². The van der Waals surface area contributed by atoms with E-state index < -0.39 is 5.97 Å². The van der Waals surface area contributed by atoms with Gasteiger partial charge < -0.3 is 9.84 Å². The first-order valence-electron chi connectivity index (χ1n) is 8.02. The van der Waals surface area contributed by atoms with Crippen LogP contribution in [0.2, 0.25) is 0 Å². The highest BCUT2D eigenvalue weighted by molar-refractivity contribution is 5.93. The van der Waals surface area contributed by atoms with Crippen molar-refractivity contribution in [3.63, 3.8) is 0 Å². The van der Waals surface area contributed by atoms with Crippen LogP contribution >= 0.6 is 0 Å². The molecule has 0 aromatic heterocycles. The third kappa shape index (κ3) is 3.90. The van der Waals surface area contributed by atoms with Gasteiger partial charge in [-0.25, -0.2) is 4.79 Å². The number of likely N-dealkylation sites (tertiary alicyclic amines) is 1. The zero-order valence-corrected chi connectivity index (χ0v) is 13.1. The number of carbonyl (C=O) groups is 1. The van der Waals surface area contributed by atoms with Crippen molar-refractivity contribution in [3.8, 4) is 5.75 Å². The summed E-state index contributed by atoms with van der Waals surface area (Å²) in [6.07, 6.45) is 5.28. The van der Waals surface area contributed by atoms with E-state index in [1.807, 2.05) is 36.4 Å². The standard InChI is InChI=1S/C19H21NO3/c21-18(22)10-9-16-8-7-15-5-1-2-6-17(15)19(16)23-14-13-20-11-3-4-12-20/h1-2,5-10H,3-4,11-14H2,(H,21,22)/b10-9+. The van der Waals surface area contributed by atoms with E-state index in [0.29, 0.717) is 6.61 Å². The molecular formula is C19H21NO3. The van der Waals surface area contributed by atoms with E-state index in [4.69, 9.17) is 9.84 Å². The molecule has 3 rings (SSSR count). The molecule has 0 atom stereocenters. The largest absolute Gasteiger partial charge is 0.491 e. The molecule has 0 bridgehead atoms. The van der Waals surface area contributed by atoms with Gasteiger partial charge in [0, 0.05) is 23.6 Å². The summed E-state index contributed by atoms with van der Waals surface area (Å²) in [5.74, 6) is -0.194. The van der Waals surface area contributed by atoms with Crippen LogP contribution in [-0.2, 0) is 4.79 Å². The van der Waals surface area contributed by atoms with Gasteiger partial charge in [0.2, 0.25) is 0 Å². The van der Waals surface area contributed by atoms with Gasteiger partial charge in [0.05, 0.1) is 0 Å². The number of hydrogen-bond acceptors (Lipinski definition) is 3. The van der Waals surface area contributed by atoms with Crippen LogP contribution in [0.4, 0.5) is 0 Å². The summed E-state index contributed by atoms with van der Waals surface area (Å²) in [6.45, 7) is 3.81. The van der Waals surface area contributed by atoms with Crippen LogP contribution in [0.1, 0.15) is 18.4 Å². The molecule has 1 heterocycles. The number of hydrogen-bond donors (Lipinski definition) is 1. The third-order valence-electron chi connectivity index (χ3n) is 4.17. The second kappa shape index (κ2) is 7.29. The van der Waals surface area contributed by atoms with Gasteiger partial charge in [-0.2, -0.15) is 0 Å². The van der Waals surface area contributed by atoms with Gasteiger partial charge in [-0.05, 0) is 37.4 Å². The van der Waals surface area contributed by atoms with E-state index in [1.54, 1.807) is 6.08 Å². The molecule has 2 aromatic rings. The molecular weight excluding hydrogens is 290 g/mol. The van der Waals surface area contributed by atoms with Crippen molar-refractivity contribution in [2.24, 2.45) is 0 Å². The van der Waals surface area contributed by atoms with Crippen molar-refractivity contribution < 1.29 is 14.6 Å². The van der Waals surface area contributed by atoms with Gasteiger partial charge in [-0.15, -0.1) is 0 Å². The molecule has 1 N–H and O–H groups in total. The van der Waals surface area contributed by atoms with Crippen LogP contribution in [-0.4, -0.2) is 42.2 Å². The molecule has 0 spiro atoms. The number of carboxylic acid groups (broad SMARTS) is 1. The lowest BCUT2D eigenvalue weighted by Crippen LogP contribution is -2.25. The number of nitrogens with zero attached hydrogens (tertiary/aromatic N) is 1. The van der Waals surface area contributed by atoms with Crippen LogP contribution in [0.3, 0.4) is 0 Å². The lowest BCUT2D eigenvalue weighted by Gasteiger charge is -2.17. The van der Waals surface area contributed by atoms with E-state index >= 15 is 0 Å². The van der Waals surface area contributed by atoms with Crippen molar-refractivity contribution in [2.45, 2.75) is 12.8 Å². The number of benzene rings is 2. The average molecular weight is 311 g/mol. The Hall–Kier alpha value is -2.33. The summed E-state index contributed by atoms with van der Waals surface area (Å²) in [5, 5.41) is 11.0. The summed E-state index contributed by atoms with van der Waals surface area (Å²) in [4.78, 5) is 13.2. The fourth-order valence-corrected chi connectivity index (χ4v) is 3.00. The minimum Gasteiger partial charge on any atom is -0.491 e. The highest BCUT2D eigenvalue weighted by Crippen LogP contribution is 2.31. The van der Waals surface area contributed by atoms with Crippen molar-refractivity contribution in [1.82, 2.24) is 4.90 Å². The van der Waals surface area contributed by atoms with E-state index in [2.05, 4.69) is 4.90 Å². The molecule has 23 heavy (non-hydrogen) atoms. The molecule has 0 aliphatic carbocycles. The Labute approximate surface area is 136 Å². The van der Waals surface area contributed by atoms with E-state index in [1.165, 1.54) is 12.8 Å². The fourth-order valence-electron chi connectivity index (χ4n) is 3.00. The van der Waals surface area contributed by atoms with Crippen molar-refractivity contribution >= 4 is 22.8 Å². The van der Waals surface area contributed by atoms with Crippen LogP contribution in [0, 0.1) is 0 Å². The first-order chi connectivity index (χ1) is 11.2.